The van der Waals surface area contributed by atoms with E-state index < -0.39 is 17.5 Å². The van der Waals surface area contributed by atoms with Gasteiger partial charge in [0, 0.05) is 17.1 Å². The first-order valence-corrected chi connectivity index (χ1v) is 6.92. The molecule has 2 aromatic rings. The van der Waals surface area contributed by atoms with Gasteiger partial charge in [0.25, 0.3) is 0 Å². The normalized spacial score (nSPS) is 12.4. The van der Waals surface area contributed by atoms with Gasteiger partial charge in [-0.05, 0) is 49.2 Å². The maximum absolute atomic E-state index is 13.7. The molecule has 1 N–H and O–H groups in total. The first kappa shape index (κ1) is 15.9. The van der Waals surface area contributed by atoms with E-state index in [1.165, 1.54) is 24.3 Å². The van der Waals surface area contributed by atoms with Crippen molar-refractivity contribution in [3.63, 3.8) is 0 Å². The first-order chi connectivity index (χ1) is 9.99. The predicted octanol–water partition coefficient (Wildman–Crippen LogP) is 4.13. The molecule has 0 spiro atoms. The summed E-state index contributed by atoms with van der Waals surface area (Å²) in [6.45, 7) is 0. The second-order valence-electron chi connectivity index (χ2n) is 4.87. The Bertz CT molecular complexity index is 577. The average Bonchev–Trinajstić information content (AvgIpc) is 2.43. The summed E-state index contributed by atoms with van der Waals surface area (Å²) in [5.41, 5.74) is 1.20. The van der Waals surface area contributed by atoms with E-state index in [9.17, 15) is 13.2 Å². The van der Waals surface area contributed by atoms with Crippen LogP contribution in [0.25, 0.3) is 0 Å². The molecule has 0 bridgehead atoms. The molecule has 0 aliphatic heterocycles. The Morgan fingerprint density at radius 2 is 1.52 bits per heavy atom. The van der Waals surface area contributed by atoms with Crippen molar-refractivity contribution in [2.75, 3.05) is 7.05 Å². The van der Waals surface area contributed by atoms with Crippen molar-refractivity contribution in [2.45, 2.75) is 18.9 Å². The van der Waals surface area contributed by atoms with Gasteiger partial charge in [0.2, 0.25) is 0 Å². The van der Waals surface area contributed by atoms with Gasteiger partial charge in [0.05, 0.1) is 0 Å². The smallest absolute Gasteiger partial charge is 0.129 e. The number of hydrogen-bond donors (Lipinski definition) is 1. The third-order valence-corrected chi connectivity index (χ3v) is 3.72. The Balaban J connectivity index is 2.13. The Labute approximate surface area is 126 Å². The van der Waals surface area contributed by atoms with Crippen molar-refractivity contribution in [1.29, 1.82) is 0 Å². The lowest BCUT2D eigenvalue weighted by Gasteiger charge is -2.17. The van der Waals surface area contributed by atoms with E-state index in [2.05, 4.69) is 5.32 Å². The summed E-state index contributed by atoms with van der Waals surface area (Å²) in [6, 6.07) is 7.65. The van der Waals surface area contributed by atoms with Gasteiger partial charge in [-0.2, -0.15) is 0 Å². The van der Waals surface area contributed by atoms with E-state index in [4.69, 9.17) is 11.6 Å². The van der Waals surface area contributed by atoms with Crippen LogP contribution in [0.3, 0.4) is 0 Å². The Hall–Kier alpha value is -1.52. The quantitative estimate of drug-likeness (QED) is 0.875. The molecule has 2 aromatic carbocycles. The van der Waals surface area contributed by atoms with Crippen LogP contribution in [0.1, 0.15) is 11.1 Å². The van der Waals surface area contributed by atoms with Gasteiger partial charge in [0.15, 0.2) is 0 Å². The zero-order valence-electron chi connectivity index (χ0n) is 11.5. The molecule has 2 rings (SSSR count). The van der Waals surface area contributed by atoms with E-state index in [0.717, 1.165) is 11.6 Å². The van der Waals surface area contributed by atoms with Crippen molar-refractivity contribution in [3.8, 4) is 0 Å². The third-order valence-electron chi connectivity index (χ3n) is 3.37. The summed E-state index contributed by atoms with van der Waals surface area (Å²) < 4.78 is 39.6. The molecular formula is C16H15ClF3N. The summed E-state index contributed by atoms with van der Waals surface area (Å²) in [4.78, 5) is 0. The van der Waals surface area contributed by atoms with Gasteiger partial charge in [-0.3, -0.25) is 0 Å². The lowest BCUT2D eigenvalue weighted by atomic mass is 9.98. The molecule has 1 unspecified atom stereocenters. The molecule has 0 saturated heterocycles. The summed E-state index contributed by atoms with van der Waals surface area (Å²) in [7, 11) is 1.75. The van der Waals surface area contributed by atoms with E-state index in [1.54, 1.807) is 13.1 Å². The first-order valence-electron chi connectivity index (χ1n) is 6.54. The van der Waals surface area contributed by atoms with Gasteiger partial charge in [-0.15, -0.1) is 0 Å². The molecular weight excluding hydrogens is 299 g/mol. The number of benzene rings is 2. The Morgan fingerprint density at radius 3 is 2.10 bits per heavy atom. The molecule has 5 heteroatoms. The highest BCUT2D eigenvalue weighted by molar-refractivity contribution is 6.31. The van der Waals surface area contributed by atoms with Crippen LogP contribution in [0.15, 0.2) is 36.4 Å². The number of hydrogen-bond acceptors (Lipinski definition) is 1. The highest BCUT2D eigenvalue weighted by atomic mass is 35.5. The van der Waals surface area contributed by atoms with Crippen LogP contribution in [-0.4, -0.2) is 13.1 Å². The van der Waals surface area contributed by atoms with Crippen LogP contribution < -0.4 is 5.32 Å². The maximum Gasteiger partial charge on any atom is 0.129 e. The molecule has 0 heterocycles. The fourth-order valence-corrected chi connectivity index (χ4v) is 2.43. The minimum absolute atomic E-state index is 0.0899. The molecule has 0 aromatic heterocycles. The molecule has 0 fully saturated rings. The summed E-state index contributed by atoms with van der Waals surface area (Å²) >= 11 is 5.99. The second-order valence-corrected chi connectivity index (χ2v) is 5.27. The maximum atomic E-state index is 13.7. The molecule has 0 aliphatic carbocycles. The van der Waals surface area contributed by atoms with E-state index in [-0.39, 0.29) is 6.04 Å². The van der Waals surface area contributed by atoms with Crippen LogP contribution >= 0.6 is 11.6 Å². The Morgan fingerprint density at radius 1 is 0.952 bits per heavy atom. The molecule has 0 saturated carbocycles. The molecule has 0 radical (unpaired) electrons. The lowest BCUT2D eigenvalue weighted by molar-refractivity contribution is 0.524. The third kappa shape index (κ3) is 4.22. The summed E-state index contributed by atoms with van der Waals surface area (Å²) in [6.07, 6.45) is 0.906. The largest absolute Gasteiger partial charge is 0.316 e. The zero-order chi connectivity index (χ0) is 15.4. The van der Waals surface area contributed by atoms with E-state index >= 15 is 0 Å². The zero-order valence-corrected chi connectivity index (χ0v) is 12.2. The molecule has 1 atom stereocenters. The van der Waals surface area contributed by atoms with Gasteiger partial charge in [0.1, 0.15) is 17.5 Å². The average molecular weight is 314 g/mol. The summed E-state index contributed by atoms with van der Waals surface area (Å²) in [5, 5.41) is 3.41. The fourth-order valence-electron chi connectivity index (χ4n) is 2.18. The Kier molecular flexibility index (Phi) is 5.26. The van der Waals surface area contributed by atoms with Gasteiger partial charge in [-0.1, -0.05) is 23.7 Å². The number of rotatable bonds is 5. The molecule has 21 heavy (non-hydrogen) atoms. The second kappa shape index (κ2) is 6.96. The minimum atomic E-state index is -0.598. The number of halogens is 4. The number of nitrogens with one attached hydrogen (secondary N) is 1. The minimum Gasteiger partial charge on any atom is -0.316 e. The van der Waals surface area contributed by atoms with Gasteiger partial charge < -0.3 is 5.32 Å². The van der Waals surface area contributed by atoms with Crippen molar-refractivity contribution in [3.05, 3.63) is 70.0 Å². The highest BCUT2D eigenvalue weighted by Crippen LogP contribution is 2.20. The van der Waals surface area contributed by atoms with Crippen LogP contribution in [0, 0.1) is 17.5 Å². The van der Waals surface area contributed by atoms with Crippen molar-refractivity contribution in [2.24, 2.45) is 0 Å². The fraction of sp³-hybridized carbons (Fsp3) is 0.250. The van der Waals surface area contributed by atoms with E-state index in [0.29, 0.717) is 23.4 Å². The van der Waals surface area contributed by atoms with Gasteiger partial charge >= 0.3 is 0 Å². The van der Waals surface area contributed by atoms with Crippen molar-refractivity contribution < 1.29 is 13.2 Å². The van der Waals surface area contributed by atoms with Crippen molar-refractivity contribution in [1.82, 2.24) is 5.32 Å². The standard InChI is InChI=1S/C16H15ClF3N/c1-21-14(6-10-2-4-12(18)8-15(10)17)7-11-3-5-13(19)9-16(11)20/h2-5,8-9,14,21H,6-7H2,1H3. The molecule has 112 valence electrons. The monoisotopic (exact) mass is 313 g/mol. The predicted molar refractivity (Wildman–Crippen MR) is 78.0 cm³/mol. The molecule has 1 nitrogen and oxygen atoms in total. The summed E-state index contributed by atoms with van der Waals surface area (Å²) in [5.74, 6) is -1.56. The van der Waals surface area contributed by atoms with Crippen LogP contribution in [-0.2, 0) is 12.8 Å². The van der Waals surface area contributed by atoms with Crippen LogP contribution in [0.4, 0.5) is 13.2 Å². The molecule has 0 amide bonds. The topological polar surface area (TPSA) is 12.0 Å². The highest BCUT2D eigenvalue weighted by Gasteiger charge is 2.14. The van der Waals surface area contributed by atoms with E-state index in [1.807, 2.05) is 0 Å². The van der Waals surface area contributed by atoms with Crippen molar-refractivity contribution >= 4 is 11.6 Å². The number of likely N-dealkylation sites (N-methyl/N-ethyl adjacent to an activating group) is 1. The van der Waals surface area contributed by atoms with Crippen LogP contribution in [0.5, 0.6) is 0 Å². The lowest BCUT2D eigenvalue weighted by Crippen LogP contribution is -2.30. The molecule has 0 aliphatic rings. The van der Waals surface area contributed by atoms with Gasteiger partial charge in [-0.25, -0.2) is 13.2 Å². The van der Waals surface area contributed by atoms with Crippen LogP contribution in [0.2, 0.25) is 5.02 Å². The SMILES string of the molecule is CNC(Cc1ccc(F)cc1F)Cc1ccc(F)cc1Cl.